The third-order valence-corrected chi connectivity index (χ3v) is 6.97. The van der Waals surface area contributed by atoms with Crippen molar-refractivity contribution in [2.75, 3.05) is 36.9 Å². The van der Waals surface area contributed by atoms with E-state index >= 15 is 0 Å². The molecule has 2 bridgehead atoms. The monoisotopic (exact) mass is 516 g/mol. The summed E-state index contributed by atoms with van der Waals surface area (Å²) in [6, 6.07) is 14.6. The average molecular weight is 517 g/mol. The largest absolute Gasteiger partial charge is 0.493 e. The van der Waals surface area contributed by atoms with E-state index in [2.05, 4.69) is 41.0 Å². The first-order chi connectivity index (χ1) is 18.6. The summed E-state index contributed by atoms with van der Waals surface area (Å²) in [5.74, 6) is 1.20. The van der Waals surface area contributed by atoms with E-state index < -0.39 is 5.82 Å². The molecule has 0 radical (unpaired) electrons. The molecule has 0 aliphatic carbocycles. The first-order valence-electron chi connectivity index (χ1n) is 12.8. The van der Waals surface area contributed by atoms with Gasteiger partial charge in [0, 0.05) is 60.6 Å². The Bertz CT molecular complexity index is 1440. The van der Waals surface area contributed by atoms with Crippen LogP contribution < -0.4 is 20.7 Å². The van der Waals surface area contributed by atoms with Gasteiger partial charge in [0.1, 0.15) is 23.7 Å². The highest BCUT2D eigenvalue weighted by Crippen LogP contribution is 2.27. The summed E-state index contributed by atoms with van der Waals surface area (Å²) in [6.07, 6.45) is 3.81. The Morgan fingerprint density at radius 3 is 2.97 bits per heavy atom. The number of aromatic amines is 1. The molecule has 4 heterocycles. The second-order valence-corrected chi connectivity index (χ2v) is 9.73. The van der Waals surface area contributed by atoms with E-state index in [0.717, 1.165) is 42.7 Å². The highest BCUT2D eigenvalue weighted by molar-refractivity contribution is 5.93. The number of aromatic nitrogens is 4. The quantitative estimate of drug-likeness (QED) is 0.237. The Morgan fingerprint density at radius 1 is 1.18 bits per heavy atom. The van der Waals surface area contributed by atoms with Crippen LogP contribution in [-0.2, 0) is 11.2 Å². The summed E-state index contributed by atoms with van der Waals surface area (Å²) in [7, 11) is 0. The minimum atomic E-state index is -0.409. The summed E-state index contributed by atoms with van der Waals surface area (Å²) < 4.78 is 19.3. The van der Waals surface area contributed by atoms with Crippen LogP contribution in [0.5, 0.6) is 5.75 Å². The second kappa shape index (κ2) is 10.7. The molecule has 2 saturated heterocycles. The number of carbonyl (C=O) groups is 1. The maximum Gasteiger partial charge on any atom is 0.230 e. The number of rotatable bonds is 10. The maximum atomic E-state index is 13.3. The lowest BCUT2D eigenvalue weighted by molar-refractivity contribution is -0.115. The minimum absolute atomic E-state index is 0.0618. The van der Waals surface area contributed by atoms with Gasteiger partial charge in [-0.3, -0.25) is 14.8 Å². The number of nitrogens with zero attached hydrogens (tertiary/aromatic N) is 4. The minimum Gasteiger partial charge on any atom is -0.493 e. The fourth-order valence-corrected chi connectivity index (χ4v) is 5.19. The topological polar surface area (TPSA) is 120 Å². The van der Waals surface area contributed by atoms with Gasteiger partial charge >= 0.3 is 0 Å². The second-order valence-electron chi connectivity index (χ2n) is 9.73. The zero-order valence-electron chi connectivity index (χ0n) is 20.8. The zero-order valence-corrected chi connectivity index (χ0v) is 20.8. The molecule has 10 nitrogen and oxygen atoms in total. The normalized spacial score (nSPS) is 18.7. The van der Waals surface area contributed by atoms with Crippen LogP contribution in [0, 0.1) is 5.82 Å². The number of nitrogens with one attached hydrogen (secondary N) is 4. The lowest BCUT2D eigenvalue weighted by Crippen LogP contribution is -2.44. The van der Waals surface area contributed by atoms with Crippen LogP contribution in [0.4, 0.5) is 21.7 Å². The van der Waals surface area contributed by atoms with Crippen molar-refractivity contribution < 1.29 is 13.9 Å². The van der Waals surface area contributed by atoms with Crippen LogP contribution in [0.1, 0.15) is 18.5 Å². The molecule has 4 N–H and O–H groups in total. The molecule has 2 atom stereocenters. The van der Waals surface area contributed by atoms with Crippen molar-refractivity contribution in [2.45, 2.75) is 31.3 Å². The van der Waals surface area contributed by atoms with E-state index in [1.165, 1.54) is 24.9 Å². The van der Waals surface area contributed by atoms with E-state index in [1.807, 2.05) is 18.2 Å². The number of H-pyrrole nitrogens is 1. The lowest BCUT2D eigenvalue weighted by atomic mass is 10.2. The number of halogens is 1. The number of fused-ring (bicyclic) bond motifs is 3. The molecule has 1 amide bonds. The lowest BCUT2D eigenvalue weighted by Gasteiger charge is -2.27. The molecule has 0 saturated carbocycles. The van der Waals surface area contributed by atoms with E-state index in [9.17, 15) is 9.18 Å². The molecule has 2 aromatic heterocycles. The van der Waals surface area contributed by atoms with E-state index in [4.69, 9.17) is 4.74 Å². The summed E-state index contributed by atoms with van der Waals surface area (Å²) in [5.41, 5.74) is 1.77. The van der Waals surface area contributed by atoms with Gasteiger partial charge in [0.25, 0.3) is 0 Å². The van der Waals surface area contributed by atoms with Gasteiger partial charge in [0.05, 0.1) is 18.5 Å². The van der Waals surface area contributed by atoms with E-state index in [0.29, 0.717) is 41.7 Å². The Labute approximate surface area is 219 Å². The van der Waals surface area contributed by atoms with Crippen LogP contribution in [0.25, 0.3) is 10.9 Å². The van der Waals surface area contributed by atoms with Gasteiger partial charge in [-0.15, -0.1) is 0 Å². The number of piperazine rings is 1. The number of ether oxygens (including phenoxy) is 1. The summed E-state index contributed by atoms with van der Waals surface area (Å²) in [4.78, 5) is 23.6. The van der Waals surface area contributed by atoms with Crippen LogP contribution in [0.3, 0.4) is 0 Å². The predicted octanol–water partition coefficient (Wildman–Crippen LogP) is 3.23. The molecule has 38 heavy (non-hydrogen) atoms. The highest BCUT2D eigenvalue weighted by atomic mass is 19.1. The Morgan fingerprint density at radius 2 is 2.13 bits per heavy atom. The van der Waals surface area contributed by atoms with E-state index in [1.54, 1.807) is 18.2 Å². The first kappa shape index (κ1) is 24.3. The molecular formula is C27H29FN8O2. The maximum absolute atomic E-state index is 13.3. The summed E-state index contributed by atoms with van der Waals surface area (Å²) in [6.45, 7) is 3.97. The van der Waals surface area contributed by atoms with Gasteiger partial charge in [-0.05, 0) is 43.2 Å². The Hall–Kier alpha value is -4.09. The number of hydrogen-bond acceptors (Lipinski definition) is 8. The molecular weight excluding hydrogens is 487 g/mol. The van der Waals surface area contributed by atoms with Gasteiger partial charge in [0.2, 0.25) is 5.91 Å². The molecule has 2 fully saturated rings. The number of benzene rings is 2. The first-order valence-corrected chi connectivity index (χ1v) is 12.8. The van der Waals surface area contributed by atoms with Crippen LogP contribution in [0.2, 0.25) is 0 Å². The summed E-state index contributed by atoms with van der Waals surface area (Å²) in [5, 5.41) is 17.3. The molecule has 2 aliphatic rings. The fraction of sp³-hybridized carbons (Fsp3) is 0.333. The third-order valence-electron chi connectivity index (χ3n) is 6.97. The van der Waals surface area contributed by atoms with Crippen LogP contribution >= 0.6 is 0 Å². The number of amides is 1. The predicted molar refractivity (Wildman–Crippen MR) is 142 cm³/mol. The van der Waals surface area contributed by atoms with Crippen LogP contribution in [-0.4, -0.2) is 69.3 Å². The summed E-state index contributed by atoms with van der Waals surface area (Å²) >= 11 is 0. The van der Waals surface area contributed by atoms with Crippen molar-refractivity contribution in [1.82, 2.24) is 30.4 Å². The molecule has 6 rings (SSSR count). The van der Waals surface area contributed by atoms with Gasteiger partial charge < -0.3 is 20.7 Å². The van der Waals surface area contributed by atoms with Gasteiger partial charge in [-0.2, -0.15) is 5.10 Å². The van der Waals surface area contributed by atoms with Crippen molar-refractivity contribution in [3.8, 4) is 5.75 Å². The SMILES string of the molecule is O=C(Cc1cc(Nc2ncnc3cc(OCCCN4CC5CC4CN5)ccc23)n[nH]1)Nc1cccc(F)c1. The van der Waals surface area contributed by atoms with Crippen molar-refractivity contribution in [2.24, 2.45) is 0 Å². The number of likely N-dealkylation sites (tertiary alicyclic amines) is 1. The van der Waals surface area contributed by atoms with Gasteiger partial charge in [-0.25, -0.2) is 14.4 Å². The highest BCUT2D eigenvalue weighted by Gasteiger charge is 2.36. The fourth-order valence-electron chi connectivity index (χ4n) is 5.19. The number of anilines is 3. The molecule has 2 aromatic carbocycles. The van der Waals surface area contributed by atoms with E-state index in [-0.39, 0.29) is 12.3 Å². The standard InChI is InChI=1S/C27H29FN8O2/c28-17-3-1-4-18(9-17)32-26(37)12-19-11-25(35-34-19)33-27-23-6-5-22(13-24(23)30-16-31-27)38-8-2-7-36-15-20-10-21(36)14-29-20/h1,3-6,9,11,13,16,20-21,29H,2,7-8,10,12,14-15H2,(H,32,37)(H2,30,31,33,34,35). The molecule has 2 aliphatic heterocycles. The Balaban J connectivity index is 1.03. The van der Waals surface area contributed by atoms with Crippen molar-refractivity contribution in [3.63, 3.8) is 0 Å². The molecule has 2 unspecified atom stereocenters. The average Bonchev–Trinajstić information content (AvgIpc) is 3.65. The molecule has 11 heteroatoms. The smallest absolute Gasteiger partial charge is 0.230 e. The number of carbonyl (C=O) groups excluding carboxylic acids is 1. The Kier molecular flexibility index (Phi) is 6.84. The third kappa shape index (κ3) is 5.58. The zero-order chi connectivity index (χ0) is 25.9. The van der Waals surface area contributed by atoms with Gasteiger partial charge in [0.15, 0.2) is 5.82 Å². The number of hydrogen-bond donors (Lipinski definition) is 4. The van der Waals surface area contributed by atoms with Crippen LogP contribution in [0.15, 0.2) is 54.9 Å². The van der Waals surface area contributed by atoms with Crippen molar-refractivity contribution in [1.29, 1.82) is 0 Å². The molecule has 196 valence electrons. The molecule has 0 spiro atoms. The van der Waals surface area contributed by atoms with Crippen molar-refractivity contribution in [3.05, 3.63) is 66.4 Å². The molecule has 4 aromatic rings. The van der Waals surface area contributed by atoms with Gasteiger partial charge in [-0.1, -0.05) is 6.07 Å². The van der Waals surface area contributed by atoms with Crippen molar-refractivity contribution >= 4 is 34.1 Å².